The van der Waals surface area contributed by atoms with Crippen LogP contribution in [0.1, 0.15) is 27.0 Å². The fraction of sp³-hybridized carbons (Fsp3) is 0.364. The molecule has 1 N–H and O–H groups in total. The van der Waals surface area contributed by atoms with Gasteiger partial charge in [0, 0.05) is 38.6 Å². The Kier molecular flexibility index (Phi) is 6.94. The fourth-order valence-electron chi connectivity index (χ4n) is 3.49. The van der Waals surface area contributed by atoms with Gasteiger partial charge in [-0.2, -0.15) is 0 Å². The quantitative estimate of drug-likeness (QED) is 0.520. The number of hydrogen-bond acceptors (Lipinski definition) is 9. The Labute approximate surface area is 183 Å². The van der Waals surface area contributed by atoms with Crippen LogP contribution in [0.5, 0.6) is 5.75 Å². The van der Waals surface area contributed by atoms with Gasteiger partial charge >= 0.3 is 17.9 Å². The molecule has 0 aliphatic carbocycles. The summed E-state index contributed by atoms with van der Waals surface area (Å²) in [5, 5.41) is 10.3. The van der Waals surface area contributed by atoms with Crippen molar-refractivity contribution in [3.05, 3.63) is 52.9 Å². The predicted octanol–water partition coefficient (Wildman–Crippen LogP) is 1.54. The second-order valence-electron chi connectivity index (χ2n) is 7.20. The largest absolute Gasteiger partial charge is 0.507 e. The third-order valence-electron chi connectivity index (χ3n) is 4.76. The molecular weight excluding hydrogens is 422 g/mol. The van der Waals surface area contributed by atoms with Crippen molar-refractivity contribution in [1.29, 1.82) is 0 Å². The van der Waals surface area contributed by atoms with Crippen LogP contribution in [-0.2, 0) is 33.3 Å². The molecule has 0 bridgehead atoms. The van der Waals surface area contributed by atoms with E-state index in [9.17, 15) is 24.3 Å². The van der Waals surface area contributed by atoms with E-state index in [-0.39, 0.29) is 12.4 Å². The number of carbonyl (C=O) groups is 3. The molecule has 0 spiro atoms. The van der Waals surface area contributed by atoms with Gasteiger partial charge in [-0.1, -0.05) is 30.3 Å². The zero-order chi connectivity index (χ0) is 23.4. The first kappa shape index (κ1) is 23.0. The minimum atomic E-state index is -1.21. The number of aromatic hydroxyl groups is 1. The summed E-state index contributed by atoms with van der Waals surface area (Å²) in [6.45, 7) is 3.24. The minimum absolute atomic E-state index is 0.243. The highest BCUT2D eigenvalue weighted by molar-refractivity contribution is 5.69. The van der Waals surface area contributed by atoms with Crippen LogP contribution < -0.4 is 5.56 Å². The Morgan fingerprint density at radius 3 is 2.22 bits per heavy atom. The summed E-state index contributed by atoms with van der Waals surface area (Å²) in [5.41, 5.74) is 0.329. The first-order valence-corrected chi connectivity index (χ1v) is 9.81. The Hall–Kier alpha value is -3.66. The molecule has 1 aliphatic rings. The number of hydrogen-bond donors (Lipinski definition) is 1. The molecule has 0 amide bonds. The van der Waals surface area contributed by atoms with Crippen LogP contribution in [-0.4, -0.2) is 52.5 Å². The Morgan fingerprint density at radius 1 is 1.00 bits per heavy atom. The lowest BCUT2D eigenvalue weighted by Gasteiger charge is -2.24. The molecule has 4 atom stereocenters. The summed E-state index contributed by atoms with van der Waals surface area (Å²) >= 11 is 0. The lowest BCUT2D eigenvalue weighted by Crippen LogP contribution is -2.41. The molecule has 0 radical (unpaired) electrons. The summed E-state index contributed by atoms with van der Waals surface area (Å²) in [6.07, 6.45) is -3.19. The summed E-state index contributed by atoms with van der Waals surface area (Å²) in [4.78, 5) is 47.5. The van der Waals surface area contributed by atoms with Gasteiger partial charge < -0.3 is 24.1 Å². The number of benzene rings is 1. The standard InChI is InChI=1S/C22H23NO9/c1-12(24)29-11-18-20(30-13(2)25)21(31-14(3)26)22(32-18)23-10-16(17(27)9-19(23)28)15-7-5-4-6-8-15/h4-10,18,20-22,27H,11H2,1-3H3/t18-,20-,21-,22-/m1/s1. The van der Waals surface area contributed by atoms with Crippen LogP contribution >= 0.6 is 0 Å². The summed E-state index contributed by atoms with van der Waals surface area (Å²) in [7, 11) is 0. The van der Waals surface area contributed by atoms with Gasteiger partial charge in [-0.25, -0.2) is 0 Å². The zero-order valence-electron chi connectivity index (χ0n) is 17.7. The van der Waals surface area contributed by atoms with Gasteiger partial charge in [0.25, 0.3) is 5.56 Å². The van der Waals surface area contributed by atoms with Gasteiger partial charge in [0.15, 0.2) is 18.4 Å². The molecule has 1 aromatic carbocycles. The van der Waals surface area contributed by atoms with Crippen molar-refractivity contribution in [2.45, 2.75) is 45.3 Å². The SMILES string of the molecule is CC(=O)OC[C@H]1O[C@@H](n2cc(-c3ccccc3)c(O)cc2=O)[C@H](OC(C)=O)[C@@H]1OC(C)=O. The third kappa shape index (κ3) is 5.14. The normalized spacial score (nSPS) is 22.2. The fourth-order valence-corrected chi connectivity index (χ4v) is 3.49. The van der Waals surface area contributed by atoms with E-state index in [4.69, 9.17) is 18.9 Å². The second kappa shape index (κ2) is 9.65. The van der Waals surface area contributed by atoms with Crippen LogP contribution in [0.25, 0.3) is 11.1 Å². The van der Waals surface area contributed by atoms with E-state index in [0.717, 1.165) is 17.6 Å². The van der Waals surface area contributed by atoms with Crippen molar-refractivity contribution in [1.82, 2.24) is 4.57 Å². The zero-order valence-corrected chi connectivity index (χ0v) is 17.7. The van der Waals surface area contributed by atoms with Gasteiger partial charge in [0.05, 0.1) is 0 Å². The van der Waals surface area contributed by atoms with E-state index in [2.05, 4.69) is 0 Å². The van der Waals surface area contributed by atoms with Crippen molar-refractivity contribution >= 4 is 17.9 Å². The molecule has 2 aromatic rings. The van der Waals surface area contributed by atoms with Gasteiger partial charge in [0.2, 0.25) is 0 Å². The van der Waals surface area contributed by atoms with Crippen LogP contribution in [0.4, 0.5) is 0 Å². The maximum Gasteiger partial charge on any atom is 0.303 e. The molecule has 0 unspecified atom stereocenters. The van der Waals surface area contributed by atoms with E-state index >= 15 is 0 Å². The molecule has 3 rings (SSSR count). The van der Waals surface area contributed by atoms with Crippen molar-refractivity contribution in [2.75, 3.05) is 6.61 Å². The van der Waals surface area contributed by atoms with Crippen molar-refractivity contribution < 1.29 is 38.4 Å². The summed E-state index contributed by atoms with van der Waals surface area (Å²) < 4.78 is 22.7. The van der Waals surface area contributed by atoms with Crippen molar-refractivity contribution in [3.63, 3.8) is 0 Å². The number of ether oxygens (including phenoxy) is 4. The highest BCUT2D eigenvalue weighted by Crippen LogP contribution is 2.36. The van der Waals surface area contributed by atoms with Gasteiger partial charge in [0.1, 0.15) is 18.5 Å². The van der Waals surface area contributed by atoms with Crippen LogP contribution in [0.3, 0.4) is 0 Å². The molecule has 1 saturated heterocycles. The van der Waals surface area contributed by atoms with E-state index < -0.39 is 48.0 Å². The molecule has 2 heterocycles. The third-order valence-corrected chi connectivity index (χ3v) is 4.76. The van der Waals surface area contributed by atoms with E-state index in [0.29, 0.717) is 11.1 Å². The van der Waals surface area contributed by atoms with Crippen molar-refractivity contribution in [3.8, 4) is 16.9 Å². The Bertz CT molecular complexity index is 1060. The monoisotopic (exact) mass is 445 g/mol. The molecule has 32 heavy (non-hydrogen) atoms. The van der Waals surface area contributed by atoms with Crippen molar-refractivity contribution in [2.24, 2.45) is 0 Å². The van der Waals surface area contributed by atoms with E-state index in [1.807, 2.05) is 0 Å². The van der Waals surface area contributed by atoms with E-state index in [1.165, 1.54) is 20.0 Å². The average Bonchev–Trinajstić information content (AvgIpc) is 3.03. The second-order valence-corrected chi connectivity index (χ2v) is 7.20. The molecule has 170 valence electrons. The van der Waals surface area contributed by atoms with Crippen LogP contribution in [0.15, 0.2) is 47.4 Å². The summed E-state index contributed by atoms with van der Waals surface area (Å²) in [6, 6.07) is 9.84. The molecule has 1 aliphatic heterocycles. The minimum Gasteiger partial charge on any atom is -0.507 e. The molecule has 1 aromatic heterocycles. The number of carbonyl (C=O) groups excluding carboxylic acids is 3. The molecule has 10 heteroatoms. The number of aromatic nitrogens is 1. The number of pyridine rings is 1. The van der Waals surface area contributed by atoms with Crippen LogP contribution in [0.2, 0.25) is 0 Å². The topological polar surface area (TPSA) is 130 Å². The van der Waals surface area contributed by atoms with Gasteiger partial charge in [-0.3, -0.25) is 23.7 Å². The van der Waals surface area contributed by atoms with Gasteiger partial charge in [-0.15, -0.1) is 0 Å². The smallest absolute Gasteiger partial charge is 0.303 e. The Morgan fingerprint density at radius 2 is 1.62 bits per heavy atom. The maximum absolute atomic E-state index is 12.7. The molecular formula is C22H23NO9. The highest BCUT2D eigenvalue weighted by atomic mass is 16.7. The maximum atomic E-state index is 12.7. The lowest BCUT2D eigenvalue weighted by molar-refractivity contribution is -0.166. The molecule has 10 nitrogen and oxygen atoms in total. The number of esters is 3. The van der Waals surface area contributed by atoms with Crippen LogP contribution in [0, 0.1) is 0 Å². The predicted molar refractivity (Wildman–Crippen MR) is 109 cm³/mol. The molecule has 0 saturated carbocycles. The number of nitrogens with zero attached hydrogens (tertiary/aromatic N) is 1. The summed E-state index contributed by atoms with van der Waals surface area (Å²) in [5.74, 6) is -2.19. The average molecular weight is 445 g/mol. The Balaban J connectivity index is 2.07. The lowest BCUT2D eigenvalue weighted by atomic mass is 10.1. The van der Waals surface area contributed by atoms with E-state index in [1.54, 1.807) is 30.3 Å². The molecule has 1 fully saturated rings. The van der Waals surface area contributed by atoms with Gasteiger partial charge in [-0.05, 0) is 5.56 Å². The first-order chi connectivity index (χ1) is 15.2. The highest BCUT2D eigenvalue weighted by Gasteiger charge is 2.50. The first-order valence-electron chi connectivity index (χ1n) is 9.81. The number of rotatable bonds is 6.